The molecular weight excluding hydrogens is 272 g/mol. The fraction of sp³-hybridized carbons (Fsp3) is 0.273. The van der Waals surface area contributed by atoms with E-state index in [0.717, 1.165) is 4.47 Å². The summed E-state index contributed by atoms with van der Waals surface area (Å²) in [5, 5.41) is 11.2. The van der Waals surface area contributed by atoms with Crippen molar-refractivity contribution in [3.63, 3.8) is 0 Å². The number of anilines is 1. The largest absolute Gasteiger partial charge is 0.497 e. The highest BCUT2D eigenvalue weighted by Gasteiger charge is 2.12. The van der Waals surface area contributed by atoms with Crippen LogP contribution >= 0.6 is 15.9 Å². The van der Waals surface area contributed by atoms with Gasteiger partial charge in [-0.05, 0) is 19.1 Å². The summed E-state index contributed by atoms with van der Waals surface area (Å²) in [5.41, 5.74) is 0.596. The van der Waals surface area contributed by atoms with E-state index in [1.807, 2.05) is 6.07 Å². The Morgan fingerprint density at radius 3 is 2.81 bits per heavy atom. The van der Waals surface area contributed by atoms with Gasteiger partial charge in [0.05, 0.1) is 13.2 Å². The van der Waals surface area contributed by atoms with Crippen LogP contribution in [-0.4, -0.2) is 13.0 Å². The molecule has 16 heavy (non-hydrogen) atoms. The minimum atomic E-state index is -0.676. The fourth-order valence-corrected chi connectivity index (χ4v) is 1.53. The van der Waals surface area contributed by atoms with Crippen molar-refractivity contribution in [1.29, 1.82) is 5.26 Å². The maximum Gasteiger partial charge on any atom is 0.241 e. The van der Waals surface area contributed by atoms with E-state index in [-0.39, 0.29) is 5.91 Å². The lowest BCUT2D eigenvalue weighted by Gasteiger charge is -2.08. The van der Waals surface area contributed by atoms with E-state index >= 15 is 0 Å². The number of carbonyl (C=O) groups is 1. The van der Waals surface area contributed by atoms with Gasteiger partial charge >= 0.3 is 0 Å². The second-order valence-electron chi connectivity index (χ2n) is 3.22. The molecule has 4 nitrogen and oxygen atoms in total. The van der Waals surface area contributed by atoms with Crippen molar-refractivity contribution in [1.82, 2.24) is 0 Å². The zero-order valence-electron chi connectivity index (χ0n) is 8.95. The first kappa shape index (κ1) is 12.5. The summed E-state index contributed by atoms with van der Waals surface area (Å²) < 4.78 is 5.86. The fourth-order valence-electron chi connectivity index (χ4n) is 1.06. The predicted octanol–water partition coefficient (Wildman–Crippen LogP) is 2.56. The van der Waals surface area contributed by atoms with Crippen LogP contribution in [0.15, 0.2) is 22.7 Å². The van der Waals surface area contributed by atoms with Crippen LogP contribution < -0.4 is 10.1 Å². The summed E-state index contributed by atoms with van der Waals surface area (Å²) in [4.78, 5) is 11.5. The van der Waals surface area contributed by atoms with Gasteiger partial charge in [0.15, 0.2) is 0 Å². The minimum absolute atomic E-state index is 0.331. The lowest BCUT2D eigenvalue weighted by molar-refractivity contribution is -0.117. The molecule has 0 spiro atoms. The number of amides is 1. The molecule has 84 valence electrons. The molecule has 1 unspecified atom stereocenters. The lowest BCUT2D eigenvalue weighted by Crippen LogP contribution is -2.18. The molecule has 1 N–H and O–H groups in total. The zero-order chi connectivity index (χ0) is 12.1. The van der Waals surface area contributed by atoms with Gasteiger partial charge in [-0.1, -0.05) is 15.9 Å². The molecule has 1 rings (SSSR count). The maximum atomic E-state index is 11.5. The summed E-state index contributed by atoms with van der Waals surface area (Å²) >= 11 is 3.30. The molecule has 1 amide bonds. The number of halogens is 1. The summed E-state index contributed by atoms with van der Waals surface area (Å²) in [6, 6.07) is 7.08. The molecule has 0 bridgehead atoms. The van der Waals surface area contributed by atoms with Gasteiger partial charge in [0.25, 0.3) is 0 Å². The molecule has 1 aromatic rings. The molecule has 0 saturated carbocycles. The molecule has 0 aliphatic carbocycles. The van der Waals surface area contributed by atoms with Gasteiger partial charge in [-0.3, -0.25) is 4.79 Å². The van der Waals surface area contributed by atoms with Gasteiger partial charge in [-0.2, -0.15) is 5.26 Å². The van der Waals surface area contributed by atoms with Gasteiger partial charge in [0, 0.05) is 16.2 Å². The van der Waals surface area contributed by atoms with E-state index in [2.05, 4.69) is 21.2 Å². The molecule has 5 heteroatoms. The van der Waals surface area contributed by atoms with Crippen molar-refractivity contribution < 1.29 is 9.53 Å². The highest BCUT2D eigenvalue weighted by molar-refractivity contribution is 9.10. The van der Waals surface area contributed by atoms with Crippen molar-refractivity contribution in [2.45, 2.75) is 6.92 Å². The highest BCUT2D eigenvalue weighted by atomic mass is 79.9. The Hall–Kier alpha value is -1.54. The number of nitriles is 1. The Morgan fingerprint density at radius 1 is 1.56 bits per heavy atom. The number of nitrogens with one attached hydrogen (secondary N) is 1. The lowest BCUT2D eigenvalue weighted by atomic mass is 10.2. The van der Waals surface area contributed by atoms with Crippen LogP contribution in [0.3, 0.4) is 0 Å². The molecule has 0 saturated heterocycles. The quantitative estimate of drug-likeness (QED) is 0.927. The van der Waals surface area contributed by atoms with Gasteiger partial charge in [-0.25, -0.2) is 0 Å². The Kier molecular flexibility index (Phi) is 4.32. The van der Waals surface area contributed by atoms with Crippen LogP contribution in [0, 0.1) is 17.2 Å². The van der Waals surface area contributed by atoms with Gasteiger partial charge in [-0.15, -0.1) is 0 Å². The van der Waals surface area contributed by atoms with E-state index in [0.29, 0.717) is 11.4 Å². The van der Waals surface area contributed by atoms with Crippen molar-refractivity contribution in [3.05, 3.63) is 22.7 Å². The number of carbonyl (C=O) groups excluding carboxylic acids is 1. The van der Waals surface area contributed by atoms with Crippen molar-refractivity contribution >= 4 is 27.5 Å². The second-order valence-corrected chi connectivity index (χ2v) is 4.14. The number of hydrogen-bond donors (Lipinski definition) is 1. The number of ether oxygens (including phenoxy) is 1. The summed E-state index contributed by atoms with van der Waals surface area (Å²) in [5.74, 6) is -0.373. The second kappa shape index (κ2) is 5.52. The van der Waals surface area contributed by atoms with Crippen LogP contribution in [-0.2, 0) is 4.79 Å². The van der Waals surface area contributed by atoms with Crippen LogP contribution in [0.4, 0.5) is 5.69 Å². The SMILES string of the molecule is COc1cc(Br)cc(NC(=O)C(C)C#N)c1. The predicted molar refractivity (Wildman–Crippen MR) is 64.1 cm³/mol. The van der Waals surface area contributed by atoms with Gasteiger partial charge in [0.1, 0.15) is 11.7 Å². The maximum absolute atomic E-state index is 11.5. The van der Waals surface area contributed by atoms with Crippen molar-refractivity contribution in [2.75, 3.05) is 12.4 Å². The number of hydrogen-bond acceptors (Lipinski definition) is 3. The molecule has 0 heterocycles. The summed E-state index contributed by atoms with van der Waals surface area (Å²) in [6.45, 7) is 1.55. The van der Waals surface area contributed by atoms with E-state index in [9.17, 15) is 4.79 Å². The molecule has 0 aliphatic rings. The normalized spacial score (nSPS) is 11.4. The minimum Gasteiger partial charge on any atom is -0.497 e. The summed E-state index contributed by atoms with van der Waals surface area (Å²) in [7, 11) is 1.55. The molecule has 0 aromatic heterocycles. The Bertz CT molecular complexity index is 440. The Morgan fingerprint density at radius 2 is 2.25 bits per heavy atom. The third-order valence-electron chi connectivity index (χ3n) is 1.96. The number of benzene rings is 1. The average molecular weight is 283 g/mol. The third kappa shape index (κ3) is 3.24. The molecule has 1 aromatic carbocycles. The number of rotatable bonds is 3. The van der Waals surface area contributed by atoms with E-state index < -0.39 is 5.92 Å². The van der Waals surface area contributed by atoms with Gasteiger partial charge in [0.2, 0.25) is 5.91 Å². The number of methoxy groups -OCH3 is 1. The molecule has 0 radical (unpaired) electrons. The molecule has 0 aliphatic heterocycles. The van der Waals surface area contributed by atoms with Crippen LogP contribution in [0.2, 0.25) is 0 Å². The molecule has 1 atom stereocenters. The highest BCUT2D eigenvalue weighted by Crippen LogP contribution is 2.24. The first-order valence-corrected chi connectivity index (χ1v) is 5.41. The van der Waals surface area contributed by atoms with Crippen LogP contribution in [0.1, 0.15) is 6.92 Å². The molecule has 0 fully saturated rings. The van der Waals surface area contributed by atoms with E-state index in [1.54, 1.807) is 32.2 Å². The Balaban J connectivity index is 2.86. The topological polar surface area (TPSA) is 62.1 Å². The van der Waals surface area contributed by atoms with Crippen LogP contribution in [0.5, 0.6) is 5.75 Å². The van der Waals surface area contributed by atoms with E-state index in [1.165, 1.54) is 0 Å². The first-order chi connectivity index (χ1) is 7.56. The summed E-state index contributed by atoms with van der Waals surface area (Å²) in [6.07, 6.45) is 0. The number of nitrogens with zero attached hydrogens (tertiary/aromatic N) is 1. The Labute approximate surface area is 102 Å². The van der Waals surface area contributed by atoms with Crippen LogP contribution in [0.25, 0.3) is 0 Å². The van der Waals surface area contributed by atoms with Crippen molar-refractivity contribution in [3.8, 4) is 11.8 Å². The molecular formula is C11H11BrN2O2. The average Bonchev–Trinajstić information content (AvgIpc) is 2.26. The van der Waals surface area contributed by atoms with E-state index in [4.69, 9.17) is 10.00 Å². The van der Waals surface area contributed by atoms with Crippen molar-refractivity contribution in [2.24, 2.45) is 5.92 Å². The smallest absolute Gasteiger partial charge is 0.241 e. The standard InChI is InChI=1S/C11H11BrN2O2/c1-7(6-13)11(15)14-9-3-8(12)4-10(5-9)16-2/h3-5,7H,1-2H3,(H,14,15). The monoisotopic (exact) mass is 282 g/mol. The zero-order valence-corrected chi connectivity index (χ0v) is 10.5. The third-order valence-corrected chi connectivity index (χ3v) is 2.42. The first-order valence-electron chi connectivity index (χ1n) is 4.62. The van der Waals surface area contributed by atoms with Gasteiger partial charge < -0.3 is 10.1 Å².